The highest BCUT2D eigenvalue weighted by Crippen LogP contribution is 2.12. The molecule has 0 saturated carbocycles. The van der Waals surface area contributed by atoms with Crippen LogP contribution in [0.3, 0.4) is 0 Å². The predicted octanol–water partition coefficient (Wildman–Crippen LogP) is 2.20. The van der Waals surface area contributed by atoms with E-state index in [1.165, 1.54) is 0 Å². The van der Waals surface area contributed by atoms with Crippen molar-refractivity contribution in [2.75, 3.05) is 50.5 Å². The number of hydrogen-bond donors (Lipinski definition) is 2. The Morgan fingerprint density at radius 2 is 1.76 bits per heavy atom. The normalized spacial score (nSPS) is 10.9. The Labute approximate surface area is 128 Å². The van der Waals surface area contributed by atoms with Crippen LogP contribution < -0.4 is 10.6 Å². The van der Waals surface area contributed by atoms with Crippen molar-refractivity contribution in [3.63, 3.8) is 0 Å². The van der Waals surface area contributed by atoms with Crippen molar-refractivity contribution in [3.05, 3.63) is 11.9 Å². The van der Waals surface area contributed by atoms with Gasteiger partial charge in [0.1, 0.15) is 18.2 Å². The van der Waals surface area contributed by atoms with Crippen LogP contribution in [0.4, 0.5) is 11.6 Å². The first-order valence-electron chi connectivity index (χ1n) is 7.80. The molecule has 21 heavy (non-hydrogen) atoms. The van der Waals surface area contributed by atoms with Gasteiger partial charge in [0, 0.05) is 26.3 Å². The van der Waals surface area contributed by atoms with Gasteiger partial charge in [-0.15, -0.1) is 0 Å². The summed E-state index contributed by atoms with van der Waals surface area (Å²) >= 11 is 0. The standard InChI is InChI=1S/C15H29N5O/c1-5-16-13-11-14(19-15(18-13)12-21-4)17-9-8-10-20(6-2)7-3/h11H,5-10,12H2,1-4H3,(H2,16,17,18,19). The van der Waals surface area contributed by atoms with Gasteiger partial charge in [-0.3, -0.25) is 0 Å². The lowest BCUT2D eigenvalue weighted by Gasteiger charge is -2.18. The molecule has 0 unspecified atom stereocenters. The van der Waals surface area contributed by atoms with Crippen LogP contribution in [0.15, 0.2) is 6.07 Å². The molecule has 120 valence electrons. The molecule has 2 N–H and O–H groups in total. The van der Waals surface area contributed by atoms with Gasteiger partial charge in [0.05, 0.1) is 0 Å². The van der Waals surface area contributed by atoms with Gasteiger partial charge in [0.2, 0.25) is 0 Å². The van der Waals surface area contributed by atoms with Crippen molar-refractivity contribution in [1.82, 2.24) is 14.9 Å². The van der Waals surface area contributed by atoms with Crippen molar-refractivity contribution in [3.8, 4) is 0 Å². The van der Waals surface area contributed by atoms with Gasteiger partial charge >= 0.3 is 0 Å². The fraction of sp³-hybridized carbons (Fsp3) is 0.733. The van der Waals surface area contributed by atoms with Gasteiger partial charge in [0.15, 0.2) is 5.82 Å². The average molecular weight is 295 g/mol. The largest absolute Gasteiger partial charge is 0.377 e. The molecule has 1 aromatic rings. The summed E-state index contributed by atoms with van der Waals surface area (Å²) in [6.45, 7) is 11.9. The second-order valence-electron chi connectivity index (χ2n) is 4.83. The third-order valence-corrected chi connectivity index (χ3v) is 3.26. The molecule has 1 aromatic heterocycles. The van der Waals surface area contributed by atoms with Crippen LogP contribution in [-0.4, -0.2) is 54.7 Å². The van der Waals surface area contributed by atoms with Crippen molar-refractivity contribution >= 4 is 11.6 Å². The van der Waals surface area contributed by atoms with E-state index in [2.05, 4.69) is 46.3 Å². The Balaban J connectivity index is 2.52. The summed E-state index contributed by atoms with van der Waals surface area (Å²) in [7, 11) is 1.65. The van der Waals surface area contributed by atoms with Crippen molar-refractivity contribution in [2.24, 2.45) is 0 Å². The SMILES string of the molecule is CCNc1cc(NCCCN(CC)CC)nc(COC)n1. The van der Waals surface area contributed by atoms with Crippen molar-refractivity contribution < 1.29 is 4.74 Å². The van der Waals surface area contributed by atoms with E-state index in [1.807, 2.05) is 6.07 Å². The van der Waals surface area contributed by atoms with E-state index in [4.69, 9.17) is 4.74 Å². The van der Waals surface area contributed by atoms with Crippen molar-refractivity contribution in [1.29, 1.82) is 0 Å². The van der Waals surface area contributed by atoms with Crippen LogP contribution in [-0.2, 0) is 11.3 Å². The summed E-state index contributed by atoms with van der Waals surface area (Å²) in [6.07, 6.45) is 1.10. The molecule has 0 spiro atoms. The molecule has 0 fully saturated rings. The summed E-state index contributed by atoms with van der Waals surface area (Å²) in [5, 5.41) is 6.59. The second kappa shape index (κ2) is 10.3. The molecule has 0 saturated heterocycles. The molecule has 0 amide bonds. The summed E-state index contributed by atoms with van der Waals surface area (Å²) in [6, 6.07) is 1.94. The lowest BCUT2D eigenvalue weighted by Crippen LogP contribution is -2.25. The zero-order chi connectivity index (χ0) is 15.5. The van der Waals surface area contributed by atoms with Crippen LogP contribution in [0.1, 0.15) is 33.0 Å². The minimum atomic E-state index is 0.424. The molecule has 1 heterocycles. The fourth-order valence-corrected chi connectivity index (χ4v) is 2.11. The number of methoxy groups -OCH3 is 1. The summed E-state index contributed by atoms with van der Waals surface area (Å²) in [5.74, 6) is 2.39. The average Bonchev–Trinajstić information content (AvgIpc) is 2.48. The molecule has 0 aromatic carbocycles. The number of rotatable bonds is 11. The van der Waals surface area contributed by atoms with Gasteiger partial charge in [-0.05, 0) is 33.0 Å². The lowest BCUT2D eigenvalue weighted by molar-refractivity contribution is 0.178. The third kappa shape index (κ3) is 6.73. The highest BCUT2D eigenvalue weighted by Gasteiger charge is 2.04. The Morgan fingerprint density at radius 1 is 1.10 bits per heavy atom. The maximum atomic E-state index is 5.11. The molecule has 0 aliphatic heterocycles. The summed E-state index contributed by atoms with van der Waals surface area (Å²) in [5.41, 5.74) is 0. The fourth-order valence-electron chi connectivity index (χ4n) is 2.11. The quantitative estimate of drug-likeness (QED) is 0.610. The van der Waals surface area contributed by atoms with Gasteiger partial charge < -0.3 is 20.3 Å². The summed E-state index contributed by atoms with van der Waals surface area (Å²) in [4.78, 5) is 11.3. The van der Waals surface area contributed by atoms with Crippen LogP contribution in [0.5, 0.6) is 0 Å². The molecule has 6 heteroatoms. The predicted molar refractivity (Wildman–Crippen MR) is 87.8 cm³/mol. The van der Waals surface area contributed by atoms with E-state index in [0.717, 1.165) is 50.8 Å². The number of anilines is 2. The zero-order valence-electron chi connectivity index (χ0n) is 13.8. The molecule has 0 aliphatic rings. The van der Waals surface area contributed by atoms with E-state index >= 15 is 0 Å². The monoisotopic (exact) mass is 295 g/mol. The van der Waals surface area contributed by atoms with E-state index in [-0.39, 0.29) is 0 Å². The molecule has 0 radical (unpaired) electrons. The topological polar surface area (TPSA) is 62.3 Å². The Bertz CT molecular complexity index is 371. The van der Waals surface area contributed by atoms with Gasteiger partial charge in [-0.2, -0.15) is 0 Å². The number of hydrogen-bond acceptors (Lipinski definition) is 6. The zero-order valence-corrected chi connectivity index (χ0v) is 13.8. The van der Waals surface area contributed by atoms with E-state index in [9.17, 15) is 0 Å². The molecular weight excluding hydrogens is 266 g/mol. The maximum absolute atomic E-state index is 5.11. The maximum Gasteiger partial charge on any atom is 0.158 e. The number of nitrogens with zero attached hydrogens (tertiary/aromatic N) is 3. The molecule has 1 rings (SSSR count). The number of nitrogens with one attached hydrogen (secondary N) is 2. The second-order valence-corrected chi connectivity index (χ2v) is 4.83. The minimum Gasteiger partial charge on any atom is -0.377 e. The summed E-state index contributed by atoms with van der Waals surface area (Å²) < 4.78 is 5.11. The van der Waals surface area contributed by atoms with Crippen LogP contribution in [0.2, 0.25) is 0 Å². The van der Waals surface area contributed by atoms with Crippen LogP contribution in [0, 0.1) is 0 Å². The van der Waals surface area contributed by atoms with E-state index in [1.54, 1.807) is 7.11 Å². The van der Waals surface area contributed by atoms with E-state index < -0.39 is 0 Å². The molecular formula is C15H29N5O. The lowest BCUT2D eigenvalue weighted by atomic mass is 10.3. The van der Waals surface area contributed by atoms with Gasteiger partial charge in [0.25, 0.3) is 0 Å². The van der Waals surface area contributed by atoms with Crippen LogP contribution in [0.25, 0.3) is 0 Å². The number of ether oxygens (including phenoxy) is 1. The first kappa shape index (κ1) is 17.7. The Morgan fingerprint density at radius 3 is 2.33 bits per heavy atom. The third-order valence-electron chi connectivity index (χ3n) is 3.26. The van der Waals surface area contributed by atoms with Crippen molar-refractivity contribution in [2.45, 2.75) is 33.8 Å². The Kier molecular flexibility index (Phi) is 8.69. The first-order valence-corrected chi connectivity index (χ1v) is 7.80. The van der Waals surface area contributed by atoms with Gasteiger partial charge in [-0.1, -0.05) is 13.8 Å². The molecule has 0 aliphatic carbocycles. The smallest absolute Gasteiger partial charge is 0.158 e. The highest BCUT2D eigenvalue weighted by atomic mass is 16.5. The molecule has 0 bridgehead atoms. The molecule has 6 nitrogen and oxygen atoms in total. The number of aromatic nitrogens is 2. The van der Waals surface area contributed by atoms with Crippen LogP contribution >= 0.6 is 0 Å². The highest BCUT2D eigenvalue weighted by molar-refractivity contribution is 5.47. The van der Waals surface area contributed by atoms with E-state index in [0.29, 0.717) is 12.4 Å². The molecule has 0 atom stereocenters. The first-order chi connectivity index (χ1) is 10.2. The Hall–Kier alpha value is -1.40. The van der Waals surface area contributed by atoms with Gasteiger partial charge in [-0.25, -0.2) is 9.97 Å². The minimum absolute atomic E-state index is 0.424.